The molecule has 0 aromatic heterocycles. The van der Waals surface area contributed by atoms with Gasteiger partial charge in [0, 0.05) is 6.61 Å². The summed E-state index contributed by atoms with van der Waals surface area (Å²) in [6.07, 6.45) is 5.12. The van der Waals surface area contributed by atoms with E-state index < -0.39 is 0 Å². The van der Waals surface area contributed by atoms with Gasteiger partial charge < -0.3 is 5.11 Å². The van der Waals surface area contributed by atoms with Crippen molar-refractivity contribution in [2.24, 2.45) is 11.3 Å². The zero-order valence-corrected chi connectivity index (χ0v) is 8.92. The minimum atomic E-state index is -0.0137. The van der Waals surface area contributed by atoms with E-state index in [1.165, 1.54) is 0 Å². The number of rotatable bonds is 3. The Morgan fingerprint density at radius 2 is 2.21 bits per heavy atom. The van der Waals surface area contributed by atoms with E-state index >= 15 is 0 Å². The lowest BCUT2D eigenvalue weighted by Crippen LogP contribution is -2.30. The molecule has 1 unspecified atom stereocenters. The Hall–Kier alpha value is -0.890. The fourth-order valence-electron chi connectivity index (χ4n) is 1.98. The largest absolute Gasteiger partial charge is 0.396 e. The number of carbonyl (C=O) groups excluding carboxylic acids is 1. The molecule has 0 saturated carbocycles. The third kappa shape index (κ3) is 2.13. The summed E-state index contributed by atoms with van der Waals surface area (Å²) in [7, 11) is 0. The molecule has 78 valence electrons. The van der Waals surface area contributed by atoms with Gasteiger partial charge in [0.25, 0.3) is 0 Å². The molecule has 0 spiro atoms. The first-order valence-electron chi connectivity index (χ1n) is 5.02. The number of allylic oxidation sites excluding steroid dienone is 3. The van der Waals surface area contributed by atoms with Crippen LogP contribution < -0.4 is 0 Å². The van der Waals surface area contributed by atoms with Gasteiger partial charge in [-0.05, 0) is 35.8 Å². The van der Waals surface area contributed by atoms with E-state index in [1.54, 1.807) is 6.08 Å². The van der Waals surface area contributed by atoms with E-state index in [-0.39, 0.29) is 23.7 Å². The molecule has 0 aromatic rings. The topological polar surface area (TPSA) is 37.3 Å². The lowest BCUT2D eigenvalue weighted by molar-refractivity contribution is -0.112. The predicted octanol–water partition coefficient (Wildman–Crippen LogP) is 2.10. The van der Waals surface area contributed by atoms with Gasteiger partial charge in [0.15, 0.2) is 5.78 Å². The summed E-state index contributed by atoms with van der Waals surface area (Å²) >= 11 is 0. The molecule has 1 N–H and O–H groups in total. The van der Waals surface area contributed by atoms with Crippen molar-refractivity contribution in [3.8, 4) is 0 Å². The third-order valence-corrected chi connectivity index (χ3v) is 2.95. The number of aliphatic hydroxyl groups excluding tert-OH is 1. The van der Waals surface area contributed by atoms with Gasteiger partial charge >= 0.3 is 0 Å². The standard InChI is InChI=1S/C12H18O2/c1-9-10(5-4-8-13)12(2,3)7-6-11(9)14/h6-7,10,13H,1,4-5,8H2,2-3H3. The Balaban J connectivity index is 2.83. The lowest BCUT2D eigenvalue weighted by atomic mass is 9.68. The van der Waals surface area contributed by atoms with Gasteiger partial charge in [-0.25, -0.2) is 0 Å². The summed E-state index contributed by atoms with van der Waals surface area (Å²) < 4.78 is 0. The second-order valence-corrected chi connectivity index (χ2v) is 4.46. The van der Waals surface area contributed by atoms with E-state index in [1.807, 2.05) is 6.08 Å². The molecule has 1 aliphatic rings. The average molecular weight is 194 g/mol. The molecule has 1 atom stereocenters. The first kappa shape index (κ1) is 11.2. The molecule has 1 aliphatic carbocycles. The second kappa shape index (κ2) is 4.09. The zero-order valence-electron chi connectivity index (χ0n) is 8.92. The first-order valence-corrected chi connectivity index (χ1v) is 5.02. The van der Waals surface area contributed by atoms with Gasteiger partial charge in [0.1, 0.15) is 0 Å². The Kier molecular flexibility index (Phi) is 3.27. The van der Waals surface area contributed by atoms with Crippen LogP contribution in [0.15, 0.2) is 24.3 Å². The number of hydrogen-bond acceptors (Lipinski definition) is 2. The van der Waals surface area contributed by atoms with Crippen molar-refractivity contribution in [1.82, 2.24) is 0 Å². The van der Waals surface area contributed by atoms with Gasteiger partial charge in [0.05, 0.1) is 0 Å². The summed E-state index contributed by atoms with van der Waals surface area (Å²) in [5.74, 6) is 0.208. The van der Waals surface area contributed by atoms with E-state index in [0.29, 0.717) is 5.57 Å². The van der Waals surface area contributed by atoms with Crippen LogP contribution in [-0.4, -0.2) is 17.5 Å². The summed E-state index contributed by atoms with van der Waals surface area (Å²) in [6.45, 7) is 8.22. The van der Waals surface area contributed by atoms with E-state index in [0.717, 1.165) is 12.8 Å². The van der Waals surface area contributed by atoms with Gasteiger partial charge in [0.2, 0.25) is 0 Å². The molecule has 0 aliphatic heterocycles. The SMILES string of the molecule is C=C1C(=O)C=CC(C)(C)C1CCCO. The molecular weight excluding hydrogens is 176 g/mol. The Labute approximate surface area is 85.3 Å². The summed E-state index contributed by atoms with van der Waals surface area (Å²) in [5.41, 5.74) is 0.672. The molecule has 0 amide bonds. The van der Waals surface area contributed by atoms with Crippen molar-refractivity contribution >= 4 is 5.78 Å². The molecule has 0 saturated heterocycles. The number of ketones is 1. The minimum absolute atomic E-state index is 0.0137. The highest BCUT2D eigenvalue weighted by Crippen LogP contribution is 2.39. The van der Waals surface area contributed by atoms with Crippen molar-refractivity contribution in [3.05, 3.63) is 24.3 Å². The average Bonchev–Trinajstić information content (AvgIpc) is 2.12. The van der Waals surface area contributed by atoms with Crippen molar-refractivity contribution in [2.45, 2.75) is 26.7 Å². The summed E-state index contributed by atoms with van der Waals surface area (Å²) in [4.78, 5) is 11.4. The quantitative estimate of drug-likeness (QED) is 0.698. The van der Waals surface area contributed by atoms with Crippen LogP contribution in [0.3, 0.4) is 0 Å². The fraction of sp³-hybridized carbons (Fsp3) is 0.583. The summed E-state index contributed by atoms with van der Waals surface area (Å²) in [5, 5.41) is 8.79. The molecule has 0 radical (unpaired) electrons. The van der Waals surface area contributed by atoms with Crippen LogP contribution in [0, 0.1) is 11.3 Å². The van der Waals surface area contributed by atoms with Gasteiger partial charge in [-0.2, -0.15) is 0 Å². The molecule has 1 rings (SSSR count). The molecule has 0 aromatic carbocycles. The molecule has 0 fully saturated rings. The van der Waals surface area contributed by atoms with Crippen LogP contribution in [-0.2, 0) is 4.79 Å². The Morgan fingerprint density at radius 1 is 1.57 bits per heavy atom. The molecule has 0 heterocycles. The van der Waals surface area contributed by atoms with Crippen LogP contribution in [0.4, 0.5) is 0 Å². The maximum Gasteiger partial charge on any atom is 0.181 e. The van der Waals surface area contributed by atoms with Crippen molar-refractivity contribution in [2.75, 3.05) is 6.61 Å². The monoisotopic (exact) mass is 194 g/mol. The minimum Gasteiger partial charge on any atom is -0.396 e. The van der Waals surface area contributed by atoms with Crippen LogP contribution in [0.2, 0.25) is 0 Å². The van der Waals surface area contributed by atoms with Crippen molar-refractivity contribution in [1.29, 1.82) is 0 Å². The number of aliphatic hydroxyl groups is 1. The van der Waals surface area contributed by atoms with Gasteiger partial charge in [-0.15, -0.1) is 0 Å². The van der Waals surface area contributed by atoms with E-state index in [2.05, 4.69) is 20.4 Å². The molecule has 2 nitrogen and oxygen atoms in total. The Bertz CT molecular complexity index is 274. The second-order valence-electron chi connectivity index (χ2n) is 4.46. The van der Waals surface area contributed by atoms with Gasteiger partial charge in [-0.1, -0.05) is 26.5 Å². The van der Waals surface area contributed by atoms with Gasteiger partial charge in [-0.3, -0.25) is 4.79 Å². The lowest BCUT2D eigenvalue weighted by Gasteiger charge is -2.35. The molecule has 2 heteroatoms. The summed E-state index contributed by atoms with van der Waals surface area (Å²) in [6, 6.07) is 0. The highest BCUT2D eigenvalue weighted by atomic mass is 16.2. The van der Waals surface area contributed by atoms with Crippen LogP contribution in [0.5, 0.6) is 0 Å². The highest BCUT2D eigenvalue weighted by molar-refractivity contribution is 6.05. The van der Waals surface area contributed by atoms with E-state index in [9.17, 15) is 4.79 Å². The van der Waals surface area contributed by atoms with Crippen LogP contribution >= 0.6 is 0 Å². The highest BCUT2D eigenvalue weighted by Gasteiger charge is 2.34. The first-order chi connectivity index (χ1) is 6.49. The number of carbonyl (C=O) groups is 1. The number of hydrogen-bond donors (Lipinski definition) is 1. The molecule has 14 heavy (non-hydrogen) atoms. The van der Waals surface area contributed by atoms with Crippen molar-refractivity contribution < 1.29 is 9.90 Å². The molecular formula is C12H18O2. The normalized spacial score (nSPS) is 25.5. The fourth-order valence-corrected chi connectivity index (χ4v) is 1.98. The smallest absolute Gasteiger partial charge is 0.181 e. The third-order valence-electron chi connectivity index (χ3n) is 2.95. The van der Waals surface area contributed by atoms with E-state index in [4.69, 9.17) is 5.11 Å². The van der Waals surface area contributed by atoms with Crippen LogP contribution in [0.1, 0.15) is 26.7 Å². The molecule has 0 bridgehead atoms. The zero-order chi connectivity index (χ0) is 10.8. The maximum absolute atomic E-state index is 11.4. The van der Waals surface area contributed by atoms with Crippen LogP contribution in [0.25, 0.3) is 0 Å². The Morgan fingerprint density at radius 3 is 2.79 bits per heavy atom. The predicted molar refractivity (Wildman–Crippen MR) is 56.9 cm³/mol. The van der Waals surface area contributed by atoms with Crippen molar-refractivity contribution in [3.63, 3.8) is 0 Å². The maximum atomic E-state index is 11.4.